The lowest BCUT2D eigenvalue weighted by molar-refractivity contribution is -0.253. The molecule has 6 rings (SSSR count). The van der Waals surface area contributed by atoms with E-state index in [1.807, 2.05) is 93.6 Å². The van der Waals surface area contributed by atoms with Gasteiger partial charge in [-0.05, 0) is 75.5 Å². The molecule has 3 heterocycles. The van der Waals surface area contributed by atoms with E-state index in [0.29, 0.717) is 24.2 Å². The number of carbonyl (C=O) groups is 2. The average Bonchev–Trinajstić information content (AvgIpc) is 3.52. The summed E-state index contributed by atoms with van der Waals surface area (Å²) >= 11 is 0. The molecule has 0 radical (unpaired) electrons. The molecular formula is C36H40N4O6. The summed E-state index contributed by atoms with van der Waals surface area (Å²) in [5.74, 6) is -0.551. The van der Waals surface area contributed by atoms with Gasteiger partial charge in [-0.25, -0.2) is 4.98 Å². The van der Waals surface area contributed by atoms with Crippen molar-refractivity contribution in [3.05, 3.63) is 101 Å². The minimum atomic E-state index is -0.667. The average molecular weight is 625 g/mol. The van der Waals surface area contributed by atoms with Crippen molar-refractivity contribution in [2.45, 2.75) is 76.8 Å². The molecular weight excluding hydrogens is 584 g/mol. The highest BCUT2D eigenvalue weighted by Gasteiger charge is 2.39. The normalized spacial score (nSPS) is 22.1. The Kier molecular flexibility index (Phi) is 9.42. The number of nitrogens with zero attached hydrogens (tertiary/aromatic N) is 3. The van der Waals surface area contributed by atoms with E-state index in [2.05, 4.69) is 20.2 Å². The second-order valence-corrected chi connectivity index (χ2v) is 12.9. The fourth-order valence-electron chi connectivity index (χ4n) is 5.96. The molecule has 0 aliphatic carbocycles. The maximum Gasteiger partial charge on any atom is 0.323 e. The molecule has 0 bridgehead atoms. The fourth-order valence-corrected chi connectivity index (χ4v) is 5.96. The number of hydrogen-bond acceptors (Lipinski definition) is 9. The smallest absolute Gasteiger partial charge is 0.323 e. The molecule has 2 aliphatic heterocycles. The summed E-state index contributed by atoms with van der Waals surface area (Å²) < 4.78 is 18.8. The van der Waals surface area contributed by atoms with E-state index in [1.165, 1.54) is 6.20 Å². The van der Waals surface area contributed by atoms with Gasteiger partial charge in [-0.1, -0.05) is 48.5 Å². The molecule has 1 aromatic heterocycles. The summed E-state index contributed by atoms with van der Waals surface area (Å²) in [6, 6.07) is 22.2. The first-order valence-corrected chi connectivity index (χ1v) is 15.8. The largest absolute Gasteiger partial charge is 0.459 e. The van der Waals surface area contributed by atoms with Crippen LogP contribution < -0.4 is 5.32 Å². The highest BCUT2D eigenvalue weighted by molar-refractivity contribution is 6.03. The van der Waals surface area contributed by atoms with E-state index < -0.39 is 11.9 Å². The van der Waals surface area contributed by atoms with Gasteiger partial charge in [0.2, 0.25) is 0 Å². The number of esters is 1. The third-order valence-electron chi connectivity index (χ3n) is 8.22. The minimum Gasteiger partial charge on any atom is -0.459 e. The van der Waals surface area contributed by atoms with Crippen molar-refractivity contribution < 1.29 is 28.9 Å². The zero-order valence-corrected chi connectivity index (χ0v) is 26.4. The first-order valence-electron chi connectivity index (χ1n) is 15.8. The van der Waals surface area contributed by atoms with E-state index in [1.54, 1.807) is 0 Å². The highest BCUT2D eigenvalue weighted by atomic mass is 16.7. The van der Waals surface area contributed by atoms with Crippen LogP contribution in [0.15, 0.2) is 79.0 Å². The number of anilines is 1. The van der Waals surface area contributed by atoms with Gasteiger partial charge in [-0.2, -0.15) is 0 Å². The standard InChI is InChI=1S/C36H40N4O6/c1-36(2,3)46-34(43)31-9-6-18-40(31)21-27-19-32(24-12-10-23(22-41)11-13-24)45-35(44-27)25-14-16-26(17-15-25)38-33(42)30-20-37-28-7-4-5-8-29(28)39-30/h4-5,7-8,10-17,20,27,31-32,35,41H,6,9,18-19,21-22H2,1-3H3,(H,38,42). The van der Waals surface area contributed by atoms with E-state index in [-0.39, 0.29) is 42.4 Å². The van der Waals surface area contributed by atoms with E-state index >= 15 is 0 Å². The van der Waals surface area contributed by atoms with Crippen molar-refractivity contribution in [1.82, 2.24) is 14.9 Å². The number of hydrogen-bond donors (Lipinski definition) is 2. The number of rotatable bonds is 8. The lowest BCUT2D eigenvalue weighted by Crippen LogP contribution is -2.45. The Labute approximate surface area is 268 Å². The number of carbonyl (C=O) groups excluding carboxylic acids is 2. The van der Waals surface area contributed by atoms with Crippen LogP contribution in [0.3, 0.4) is 0 Å². The Hall–Kier alpha value is -4.22. The van der Waals surface area contributed by atoms with Gasteiger partial charge in [0.15, 0.2) is 6.29 Å². The number of benzene rings is 3. The molecule has 2 N–H and O–H groups in total. The SMILES string of the molecule is CC(C)(C)OC(=O)C1CCCN1CC1CC(c2ccc(CO)cc2)OC(c2ccc(NC(=O)c3cnc4ccccc4n3)cc2)O1. The van der Waals surface area contributed by atoms with E-state index in [0.717, 1.165) is 41.6 Å². The van der Waals surface area contributed by atoms with Gasteiger partial charge >= 0.3 is 5.97 Å². The summed E-state index contributed by atoms with van der Waals surface area (Å²) in [5.41, 5.74) is 4.27. The summed E-state index contributed by atoms with van der Waals surface area (Å²) in [7, 11) is 0. The first-order chi connectivity index (χ1) is 22.1. The zero-order valence-electron chi connectivity index (χ0n) is 26.4. The molecule has 46 heavy (non-hydrogen) atoms. The first kappa shape index (κ1) is 31.7. The van der Waals surface area contributed by atoms with Crippen LogP contribution in [0.25, 0.3) is 11.0 Å². The van der Waals surface area contributed by atoms with Crippen LogP contribution in [-0.4, -0.2) is 62.7 Å². The highest BCUT2D eigenvalue weighted by Crippen LogP contribution is 2.39. The molecule has 4 aromatic rings. The summed E-state index contributed by atoms with van der Waals surface area (Å²) in [5, 5.41) is 12.4. The molecule has 4 unspecified atom stereocenters. The topological polar surface area (TPSA) is 123 Å². The maximum atomic E-state index is 13.0. The molecule has 1 amide bonds. The lowest BCUT2D eigenvalue weighted by atomic mass is 9.99. The van der Waals surface area contributed by atoms with E-state index in [4.69, 9.17) is 14.2 Å². The van der Waals surface area contributed by atoms with Crippen LogP contribution in [0.2, 0.25) is 0 Å². The summed E-state index contributed by atoms with van der Waals surface area (Å²) in [4.78, 5) is 36.9. The Bertz CT molecular complexity index is 1670. The van der Waals surface area contributed by atoms with Gasteiger partial charge in [0, 0.05) is 24.2 Å². The van der Waals surface area contributed by atoms with Gasteiger partial charge < -0.3 is 24.6 Å². The minimum absolute atomic E-state index is 0.0303. The number of aliphatic hydroxyl groups excluding tert-OH is 1. The molecule has 10 nitrogen and oxygen atoms in total. The second kappa shape index (κ2) is 13.6. The van der Waals surface area contributed by atoms with Crippen molar-refractivity contribution in [3.8, 4) is 0 Å². The predicted molar refractivity (Wildman–Crippen MR) is 173 cm³/mol. The number of fused-ring (bicyclic) bond motifs is 1. The maximum absolute atomic E-state index is 13.0. The predicted octanol–water partition coefficient (Wildman–Crippen LogP) is 5.73. The molecule has 0 saturated carbocycles. The van der Waals surface area contributed by atoms with Crippen molar-refractivity contribution in [2.75, 3.05) is 18.4 Å². The van der Waals surface area contributed by atoms with Crippen molar-refractivity contribution >= 4 is 28.6 Å². The Balaban J connectivity index is 1.18. The molecule has 4 atom stereocenters. The molecule has 2 fully saturated rings. The molecule has 2 saturated heterocycles. The number of para-hydroxylation sites is 2. The number of ether oxygens (including phenoxy) is 3. The fraction of sp³-hybridized carbons (Fsp3) is 0.389. The third kappa shape index (κ3) is 7.59. The van der Waals surface area contributed by atoms with Gasteiger partial charge in [0.25, 0.3) is 5.91 Å². The molecule has 240 valence electrons. The number of likely N-dealkylation sites (tertiary alicyclic amines) is 1. The summed E-state index contributed by atoms with van der Waals surface area (Å²) in [6.07, 6.45) is 2.61. The molecule has 2 aliphatic rings. The van der Waals surface area contributed by atoms with Crippen LogP contribution in [0.5, 0.6) is 0 Å². The Morgan fingerprint density at radius 1 is 0.978 bits per heavy atom. The van der Waals surface area contributed by atoms with Gasteiger partial charge in [0.1, 0.15) is 17.3 Å². The van der Waals surface area contributed by atoms with Crippen molar-refractivity contribution in [1.29, 1.82) is 0 Å². The van der Waals surface area contributed by atoms with Crippen LogP contribution in [-0.2, 0) is 25.6 Å². The van der Waals surface area contributed by atoms with Crippen LogP contribution in [0.4, 0.5) is 5.69 Å². The Morgan fingerprint density at radius 2 is 1.70 bits per heavy atom. The monoisotopic (exact) mass is 624 g/mol. The number of aliphatic hydroxyl groups is 1. The molecule has 10 heteroatoms. The zero-order chi connectivity index (χ0) is 32.3. The van der Waals surface area contributed by atoms with Crippen LogP contribution in [0.1, 0.15) is 79.6 Å². The third-order valence-corrected chi connectivity index (χ3v) is 8.22. The quantitative estimate of drug-likeness (QED) is 0.237. The number of amides is 1. The second-order valence-electron chi connectivity index (χ2n) is 12.9. The van der Waals surface area contributed by atoms with Crippen molar-refractivity contribution in [2.24, 2.45) is 0 Å². The van der Waals surface area contributed by atoms with Gasteiger partial charge in [0.05, 0.1) is 36.0 Å². The van der Waals surface area contributed by atoms with Crippen molar-refractivity contribution in [3.63, 3.8) is 0 Å². The van der Waals surface area contributed by atoms with Gasteiger partial charge in [-0.3, -0.25) is 19.5 Å². The number of aromatic nitrogens is 2. The lowest BCUT2D eigenvalue weighted by Gasteiger charge is -2.38. The van der Waals surface area contributed by atoms with Gasteiger partial charge in [-0.15, -0.1) is 0 Å². The molecule has 3 aromatic carbocycles. The Morgan fingerprint density at radius 3 is 2.41 bits per heavy atom. The van der Waals surface area contributed by atoms with Crippen LogP contribution in [0, 0.1) is 0 Å². The molecule has 0 spiro atoms. The van der Waals surface area contributed by atoms with Crippen LogP contribution >= 0.6 is 0 Å². The summed E-state index contributed by atoms with van der Waals surface area (Å²) in [6.45, 7) is 6.99. The van der Waals surface area contributed by atoms with E-state index in [9.17, 15) is 14.7 Å². The number of nitrogens with one attached hydrogen (secondary N) is 1.